The molecule has 9 nitrogen and oxygen atoms in total. The fraction of sp³-hybridized carbons (Fsp3) is 0.261. The van der Waals surface area contributed by atoms with E-state index < -0.39 is 5.97 Å². The second-order valence-corrected chi connectivity index (χ2v) is 6.70. The Bertz CT molecular complexity index is 1150. The molecule has 168 valence electrons. The number of aliphatic carboxylic acids is 1. The lowest BCUT2D eigenvalue weighted by Crippen LogP contribution is -2.29. The number of carbonyl (C=O) groups is 2. The molecular formula is C23H23NO8. The van der Waals surface area contributed by atoms with E-state index in [1.165, 1.54) is 18.4 Å². The highest BCUT2D eigenvalue weighted by Gasteiger charge is 2.13. The van der Waals surface area contributed by atoms with Crippen LogP contribution >= 0.6 is 0 Å². The van der Waals surface area contributed by atoms with E-state index in [9.17, 15) is 14.4 Å². The summed E-state index contributed by atoms with van der Waals surface area (Å²) in [6.45, 7) is 2.30. The van der Waals surface area contributed by atoms with Crippen molar-refractivity contribution in [2.24, 2.45) is 0 Å². The van der Waals surface area contributed by atoms with Crippen molar-refractivity contribution in [1.29, 1.82) is 0 Å². The molecule has 3 aromatic rings. The van der Waals surface area contributed by atoms with Gasteiger partial charge in [0.25, 0.3) is 5.91 Å². The van der Waals surface area contributed by atoms with Crippen LogP contribution in [0.25, 0.3) is 11.0 Å². The van der Waals surface area contributed by atoms with Crippen LogP contribution in [-0.4, -0.2) is 36.7 Å². The van der Waals surface area contributed by atoms with E-state index in [-0.39, 0.29) is 42.2 Å². The van der Waals surface area contributed by atoms with Crippen LogP contribution in [0.1, 0.15) is 19.8 Å². The van der Waals surface area contributed by atoms with Crippen LogP contribution in [0.4, 0.5) is 0 Å². The number of hydrogen-bond acceptors (Lipinski definition) is 7. The van der Waals surface area contributed by atoms with Crippen molar-refractivity contribution < 1.29 is 33.3 Å². The molecule has 0 saturated heterocycles. The molecule has 32 heavy (non-hydrogen) atoms. The number of ether oxygens (including phenoxy) is 3. The van der Waals surface area contributed by atoms with Crippen LogP contribution in [0.15, 0.2) is 57.9 Å². The van der Waals surface area contributed by atoms with Crippen LogP contribution in [0.3, 0.4) is 0 Å². The van der Waals surface area contributed by atoms with Gasteiger partial charge < -0.3 is 29.1 Å². The fourth-order valence-corrected chi connectivity index (χ4v) is 2.85. The number of hydrogen-bond donors (Lipinski definition) is 2. The first-order valence-electron chi connectivity index (χ1n) is 10.0. The number of nitrogens with one attached hydrogen (secondary N) is 1. The van der Waals surface area contributed by atoms with E-state index in [0.717, 1.165) is 0 Å². The molecule has 2 N–H and O–H groups in total. The molecule has 0 aliphatic rings. The van der Waals surface area contributed by atoms with Crippen molar-refractivity contribution in [1.82, 2.24) is 5.32 Å². The smallest absolute Gasteiger partial charge is 0.303 e. The second-order valence-electron chi connectivity index (χ2n) is 6.70. The van der Waals surface area contributed by atoms with E-state index >= 15 is 0 Å². The van der Waals surface area contributed by atoms with Gasteiger partial charge in [-0.2, -0.15) is 0 Å². The van der Waals surface area contributed by atoms with Gasteiger partial charge in [0.1, 0.15) is 17.6 Å². The summed E-state index contributed by atoms with van der Waals surface area (Å²) in [5.74, 6) is -0.0283. The molecule has 1 aromatic heterocycles. The molecule has 0 spiro atoms. The molecular weight excluding hydrogens is 418 g/mol. The van der Waals surface area contributed by atoms with Crippen LogP contribution < -0.4 is 25.0 Å². The summed E-state index contributed by atoms with van der Waals surface area (Å²) >= 11 is 0. The predicted molar refractivity (Wildman–Crippen MR) is 116 cm³/mol. The van der Waals surface area contributed by atoms with Crippen molar-refractivity contribution >= 4 is 22.8 Å². The SMILES string of the molecule is CCOc1ccccc1Oc1coc2cc(OCC(=O)NCCCC(=O)O)ccc2c1=O. The first-order chi connectivity index (χ1) is 15.5. The molecule has 0 atom stereocenters. The molecule has 1 amide bonds. The lowest BCUT2D eigenvalue weighted by atomic mass is 10.2. The molecule has 0 aliphatic carbocycles. The predicted octanol–water partition coefficient (Wildman–Crippen LogP) is 3.34. The normalized spacial score (nSPS) is 10.5. The molecule has 9 heteroatoms. The number of benzene rings is 2. The molecule has 1 heterocycles. The van der Waals surface area contributed by atoms with Gasteiger partial charge in [0.15, 0.2) is 18.1 Å². The van der Waals surface area contributed by atoms with Gasteiger partial charge in [0, 0.05) is 19.0 Å². The highest BCUT2D eigenvalue weighted by molar-refractivity contribution is 5.80. The average molecular weight is 441 g/mol. The van der Waals surface area contributed by atoms with Gasteiger partial charge >= 0.3 is 5.97 Å². The molecule has 2 aromatic carbocycles. The first kappa shape index (κ1) is 22.7. The molecule has 0 bridgehead atoms. The average Bonchev–Trinajstić information content (AvgIpc) is 2.78. The summed E-state index contributed by atoms with van der Waals surface area (Å²) in [4.78, 5) is 35.0. The molecule has 0 saturated carbocycles. The minimum absolute atomic E-state index is 0.0130. The third-order valence-electron chi connectivity index (χ3n) is 4.34. The summed E-state index contributed by atoms with van der Waals surface area (Å²) < 4.78 is 22.2. The van der Waals surface area contributed by atoms with Gasteiger partial charge in [-0.3, -0.25) is 14.4 Å². The Hall–Kier alpha value is -4.01. The quantitative estimate of drug-likeness (QED) is 0.434. The van der Waals surface area contributed by atoms with Crippen molar-refractivity contribution in [3.63, 3.8) is 0 Å². The standard InChI is InChI=1S/C23H23NO8/c1-2-29-17-6-3-4-7-18(17)32-20-13-31-19-12-15(9-10-16(19)23(20)28)30-14-21(25)24-11-5-8-22(26)27/h3-4,6-7,9-10,12-13H,2,5,8,11,14H2,1H3,(H,24,25)(H,26,27). The second kappa shape index (κ2) is 10.9. The Kier molecular flexibility index (Phi) is 7.69. The van der Waals surface area contributed by atoms with Gasteiger partial charge in [-0.05, 0) is 37.6 Å². The zero-order valence-electron chi connectivity index (χ0n) is 17.5. The number of para-hydroxylation sites is 2. The van der Waals surface area contributed by atoms with E-state index in [1.807, 2.05) is 6.92 Å². The number of carboxylic acid groups (broad SMARTS) is 1. The molecule has 0 unspecified atom stereocenters. The maximum atomic E-state index is 12.8. The van der Waals surface area contributed by atoms with Gasteiger partial charge in [0.05, 0.1) is 12.0 Å². The number of amides is 1. The number of rotatable bonds is 11. The molecule has 0 radical (unpaired) electrons. The van der Waals surface area contributed by atoms with Crippen molar-refractivity contribution in [3.8, 4) is 23.0 Å². The third-order valence-corrected chi connectivity index (χ3v) is 4.34. The zero-order valence-corrected chi connectivity index (χ0v) is 17.5. The zero-order chi connectivity index (χ0) is 22.9. The van der Waals surface area contributed by atoms with Crippen LogP contribution in [0, 0.1) is 0 Å². The monoisotopic (exact) mass is 441 g/mol. The molecule has 0 fully saturated rings. The minimum atomic E-state index is -0.916. The largest absolute Gasteiger partial charge is 0.490 e. The van der Waals surface area contributed by atoms with E-state index in [2.05, 4.69) is 5.32 Å². The topological polar surface area (TPSA) is 124 Å². The Morgan fingerprint density at radius 3 is 2.59 bits per heavy atom. The van der Waals surface area contributed by atoms with Crippen LogP contribution in [0.2, 0.25) is 0 Å². The van der Waals surface area contributed by atoms with E-state index in [4.69, 9.17) is 23.7 Å². The van der Waals surface area contributed by atoms with Crippen molar-refractivity contribution in [3.05, 3.63) is 59.0 Å². The van der Waals surface area contributed by atoms with E-state index in [1.54, 1.807) is 30.3 Å². The first-order valence-corrected chi connectivity index (χ1v) is 10.0. The lowest BCUT2D eigenvalue weighted by molar-refractivity contribution is -0.137. The van der Waals surface area contributed by atoms with Crippen LogP contribution in [0.5, 0.6) is 23.0 Å². The van der Waals surface area contributed by atoms with Gasteiger partial charge in [0.2, 0.25) is 11.2 Å². The Balaban J connectivity index is 1.66. The lowest BCUT2D eigenvalue weighted by Gasteiger charge is -2.11. The number of carbonyl (C=O) groups excluding carboxylic acids is 1. The summed E-state index contributed by atoms with van der Waals surface area (Å²) in [6, 6.07) is 11.6. The summed E-state index contributed by atoms with van der Waals surface area (Å²) in [5.41, 5.74) is -0.0833. The summed E-state index contributed by atoms with van der Waals surface area (Å²) in [5, 5.41) is 11.4. The minimum Gasteiger partial charge on any atom is -0.490 e. The number of carboxylic acids is 1. The van der Waals surface area contributed by atoms with Crippen molar-refractivity contribution in [2.45, 2.75) is 19.8 Å². The maximum Gasteiger partial charge on any atom is 0.303 e. The van der Waals surface area contributed by atoms with Gasteiger partial charge in [-0.1, -0.05) is 12.1 Å². The molecule has 3 rings (SSSR count). The fourth-order valence-electron chi connectivity index (χ4n) is 2.85. The van der Waals surface area contributed by atoms with Gasteiger partial charge in [-0.25, -0.2) is 0 Å². The summed E-state index contributed by atoms with van der Waals surface area (Å²) in [6.07, 6.45) is 1.53. The Morgan fingerprint density at radius 1 is 1.06 bits per heavy atom. The maximum absolute atomic E-state index is 12.8. The Morgan fingerprint density at radius 2 is 1.84 bits per heavy atom. The third kappa shape index (κ3) is 6.00. The van der Waals surface area contributed by atoms with Gasteiger partial charge in [-0.15, -0.1) is 0 Å². The van der Waals surface area contributed by atoms with Crippen LogP contribution in [-0.2, 0) is 9.59 Å². The summed E-state index contributed by atoms with van der Waals surface area (Å²) in [7, 11) is 0. The highest BCUT2D eigenvalue weighted by atomic mass is 16.5. The number of fused-ring (bicyclic) bond motifs is 1. The van der Waals surface area contributed by atoms with Crippen molar-refractivity contribution in [2.75, 3.05) is 19.8 Å². The Labute approximate surface area is 183 Å². The highest BCUT2D eigenvalue weighted by Crippen LogP contribution is 2.31. The van der Waals surface area contributed by atoms with E-state index in [0.29, 0.717) is 35.7 Å². The molecule has 0 aliphatic heterocycles.